The molecule has 1 aromatic carbocycles. The summed E-state index contributed by atoms with van der Waals surface area (Å²) in [5, 5.41) is 9.24. The third kappa shape index (κ3) is 5.65. The molecule has 2 aromatic heterocycles. The number of hydrogen-bond donors (Lipinski definition) is 1. The molecule has 0 amide bonds. The molecular formula is C18H12ClF6N5O5S2. The topological polar surface area (TPSA) is 126 Å². The summed E-state index contributed by atoms with van der Waals surface area (Å²) in [4.78, 5) is 23.4. The van der Waals surface area contributed by atoms with E-state index in [9.17, 15) is 44.7 Å². The van der Waals surface area contributed by atoms with E-state index >= 15 is 0 Å². The van der Waals surface area contributed by atoms with Crippen LogP contribution in [0.1, 0.15) is 5.82 Å². The normalized spacial score (nSPS) is 17.8. The Labute approximate surface area is 212 Å². The summed E-state index contributed by atoms with van der Waals surface area (Å²) in [6.07, 6.45) is -9.87. The molecule has 3 heterocycles. The maximum Gasteiger partial charge on any atom is 0.573 e. The van der Waals surface area contributed by atoms with Crippen molar-refractivity contribution >= 4 is 54.4 Å². The van der Waals surface area contributed by atoms with E-state index in [1.54, 1.807) is 0 Å². The first-order chi connectivity index (χ1) is 17.1. The Balaban J connectivity index is 1.59. The lowest BCUT2D eigenvalue weighted by atomic mass is 10.2. The summed E-state index contributed by atoms with van der Waals surface area (Å²) >= 11 is 6.64. The van der Waals surface area contributed by atoms with Crippen molar-refractivity contribution in [2.75, 3.05) is 24.5 Å². The molecule has 1 atom stereocenters. The zero-order valence-electron chi connectivity index (χ0n) is 17.8. The molecule has 0 saturated carbocycles. The molecule has 3 aromatic rings. The van der Waals surface area contributed by atoms with Crippen molar-refractivity contribution < 1.29 is 49.4 Å². The quantitative estimate of drug-likeness (QED) is 0.350. The van der Waals surface area contributed by atoms with Gasteiger partial charge >= 0.3 is 18.5 Å². The fourth-order valence-corrected chi connectivity index (χ4v) is 6.19. The Morgan fingerprint density at radius 3 is 2.30 bits per heavy atom. The zero-order valence-corrected chi connectivity index (χ0v) is 20.2. The largest absolute Gasteiger partial charge is 0.573 e. The molecule has 19 heteroatoms. The second-order valence-electron chi connectivity index (χ2n) is 7.42. The lowest BCUT2D eigenvalue weighted by Gasteiger charge is -2.38. The Hall–Kier alpha value is -2.96. The summed E-state index contributed by atoms with van der Waals surface area (Å²) in [6, 6.07) is 1.56. The number of carboxylic acid groups (broad SMARTS) is 1. The number of fused-ring (bicyclic) bond motifs is 1. The molecule has 0 aliphatic carbocycles. The van der Waals surface area contributed by atoms with Gasteiger partial charge in [0.2, 0.25) is 15.8 Å². The Bertz CT molecular complexity index is 1450. The predicted molar refractivity (Wildman–Crippen MR) is 116 cm³/mol. The average molecular weight is 592 g/mol. The molecule has 1 saturated heterocycles. The highest BCUT2D eigenvalue weighted by Crippen LogP contribution is 2.36. The molecule has 0 radical (unpaired) electrons. The fourth-order valence-electron chi connectivity index (χ4n) is 3.42. The van der Waals surface area contributed by atoms with Crippen molar-refractivity contribution in [1.82, 2.24) is 19.3 Å². The summed E-state index contributed by atoms with van der Waals surface area (Å²) < 4.78 is 107. The molecule has 4 rings (SSSR count). The van der Waals surface area contributed by atoms with Crippen LogP contribution in [-0.2, 0) is 21.0 Å². The van der Waals surface area contributed by atoms with Crippen molar-refractivity contribution in [2.24, 2.45) is 0 Å². The van der Waals surface area contributed by atoms with Gasteiger partial charge in [0, 0.05) is 19.6 Å². The van der Waals surface area contributed by atoms with Crippen LogP contribution in [0.5, 0.6) is 5.75 Å². The number of alkyl halides is 6. The van der Waals surface area contributed by atoms with Crippen LogP contribution in [0.2, 0.25) is 5.15 Å². The number of sulfonamides is 1. The SMILES string of the molecule is O=C(O)[C@H]1CN(c2nc3nc(C(F)(F)F)nc(Cl)c3s2)CCN1S(=O)(=O)c1ccc(OC(F)(F)F)cc1. The van der Waals surface area contributed by atoms with Crippen molar-refractivity contribution in [2.45, 2.75) is 23.5 Å². The van der Waals surface area contributed by atoms with E-state index in [1.807, 2.05) is 0 Å². The highest BCUT2D eigenvalue weighted by molar-refractivity contribution is 7.89. The number of halogens is 7. The van der Waals surface area contributed by atoms with Gasteiger partial charge in [-0.15, -0.1) is 13.2 Å². The van der Waals surface area contributed by atoms with Crippen LogP contribution in [0, 0.1) is 0 Å². The first-order valence-corrected chi connectivity index (χ1v) is 12.5. The molecule has 1 aliphatic heterocycles. The summed E-state index contributed by atoms with van der Waals surface area (Å²) in [5.74, 6) is -3.71. The molecule has 37 heavy (non-hydrogen) atoms. The van der Waals surface area contributed by atoms with Crippen LogP contribution >= 0.6 is 22.9 Å². The first kappa shape index (κ1) is 27.1. The van der Waals surface area contributed by atoms with Gasteiger partial charge in [-0.1, -0.05) is 22.9 Å². The second kappa shape index (κ2) is 9.41. The minimum absolute atomic E-state index is 0.0211. The summed E-state index contributed by atoms with van der Waals surface area (Å²) in [6.45, 7) is -0.945. The zero-order chi connectivity index (χ0) is 27.3. The van der Waals surface area contributed by atoms with Crippen LogP contribution in [0.25, 0.3) is 10.3 Å². The van der Waals surface area contributed by atoms with E-state index in [0.717, 1.165) is 35.6 Å². The summed E-state index contributed by atoms with van der Waals surface area (Å²) in [5.41, 5.74) is -0.365. The number of anilines is 1. The van der Waals surface area contributed by atoms with Gasteiger partial charge in [0.1, 0.15) is 16.5 Å². The standard InChI is InChI=1S/C18H12ClF6N5O5S2/c19-12-11-13(27-15(26-12)17(20,21)22)28-16(36-11)29-5-6-30(10(7-29)14(31)32)37(33,34)9-3-1-8(2-4-9)35-18(23,24)25/h1-4,10H,5-7H2,(H,31,32)/t10-/m1/s1. The third-order valence-electron chi connectivity index (χ3n) is 5.01. The summed E-state index contributed by atoms with van der Waals surface area (Å²) in [7, 11) is -4.47. The second-order valence-corrected chi connectivity index (χ2v) is 10.6. The number of aromatic nitrogens is 3. The van der Waals surface area contributed by atoms with Gasteiger partial charge in [0.15, 0.2) is 15.9 Å². The van der Waals surface area contributed by atoms with Crippen LogP contribution in [-0.4, -0.2) is 70.8 Å². The number of hydrogen-bond acceptors (Lipinski definition) is 9. The van der Waals surface area contributed by atoms with Crippen LogP contribution in [0.3, 0.4) is 0 Å². The smallest absolute Gasteiger partial charge is 0.480 e. The molecule has 0 unspecified atom stereocenters. The van der Waals surface area contributed by atoms with Gasteiger partial charge in [0.05, 0.1) is 4.90 Å². The van der Waals surface area contributed by atoms with E-state index in [1.165, 1.54) is 4.90 Å². The predicted octanol–water partition coefficient (Wildman–Crippen LogP) is 3.62. The average Bonchev–Trinajstić information content (AvgIpc) is 3.22. The van der Waals surface area contributed by atoms with Crippen molar-refractivity contribution in [3.8, 4) is 5.75 Å². The minimum Gasteiger partial charge on any atom is -0.480 e. The van der Waals surface area contributed by atoms with Gasteiger partial charge < -0.3 is 14.7 Å². The van der Waals surface area contributed by atoms with Gasteiger partial charge in [-0.3, -0.25) is 4.79 Å². The van der Waals surface area contributed by atoms with Crippen molar-refractivity contribution in [3.63, 3.8) is 0 Å². The lowest BCUT2D eigenvalue weighted by molar-refractivity contribution is -0.274. The molecule has 1 fully saturated rings. The number of aliphatic carboxylic acids is 1. The number of carboxylic acids is 1. The van der Waals surface area contributed by atoms with E-state index in [-0.39, 0.29) is 28.6 Å². The number of benzene rings is 1. The van der Waals surface area contributed by atoms with Gasteiger partial charge in [0.25, 0.3) is 0 Å². The maximum atomic E-state index is 13.1. The third-order valence-corrected chi connectivity index (χ3v) is 8.43. The lowest BCUT2D eigenvalue weighted by Crippen LogP contribution is -2.58. The number of rotatable bonds is 5. The van der Waals surface area contributed by atoms with Gasteiger partial charge in [-0.25, -0.2) is 18.4 Å². The van der Waals surface area contributed by atoms with Crippen molar-refractivity contribution in [1.29, 1.82) is 0 Å². The Morgan fingerprint density at radius 2 is 1.73 bits per heavy atom. The minimum atomic E-state index is -4.99. The Morgan fingerprint density at radius 1 is 1.08 bits per heavy atom. The highest BCUT2D eigenvalue weighted by atomic mass is 35.5. The first-order valence-electron chi connectivity index (χ1n) is 9.83. The van der Waals surface area contributed by atoms with Crippen LogP contribution in [0.4, 0.5) is 31.5 Å². The molecule has 0 bridgehead atoms. The maximum absolute atomic E-state index is 13.1. The monoisotopic (exact) mass is 591 g/mol. The number of nitrogens with zero attached hydrogens (tertiary/aromatic N) is 5. The van der Waals surface area contributed by atoms with Crippen LogP contribution in [0.15, 0.2) is 29.2 Å². The van der Waals surface area contributed by atoms with E-state index < -0.39 is 62.7 Å². The molecule has 1 N–H and O–H groups in total. The molecule has 0 spiro atoms. The van der Waals surface area contributed by atoms with Crippen molar-refractivity contribution in [3.05, 3.63) is 35.2 Å². The van der Waals surface area contributed by atoms with E-state index in [0.29, 0.717) is 4.31 Å². The van der Waals surface area contributed by atoms with Gasteiger partial charge in [-0.2, -0.15) is 22.5 Å². The highest BCUT2D eigenvalue weighted by Gasteiger charge is 2.42. The van der Waals surface area contributed by atoms with E-state index in [4.69, 9.17) is 11.6 Å². The molecule has 10 nitrogen and oxygen atoms in total. The number of thiazole rings is 1. The number of ether oxygens (including phenoxy) is 1. The van der Waals surface area contributed by atoms with Gasteiger partial charge in [-0.05, 0) is 24.3 Å². The fraction of sp³-hybridized carbons (Fsp3) is 0.333. The molecule has 1 aliphatic rings. The van der Waals surface area contributed by atoms with Crippen LogP contribution < -0.4 is 9.64 Å². The number of piperazine rings is 1. The Kier molecular flexibility index (Phi) is 6.89. The molecular weight excluding hydrogens is 580 g/mol. The molecule has 200 valence electrons. The van der Waals surface area contributed by atoms with E-state index in [2.05, 4.69) is 19.7 Å². The number of carbonyl (C=O) groups is 1.